The lowest BCUT2D eigenvalue weighted by atomic mass is 10.1. The Morgan fingerprint density at radius 1 is 0.500 bits per heavy atom. The van der Waals surface area contributed by atoms with Crippen LogP contribution in [0.1, 0.15) is 130 Å². The lowest BCUT2D eigenvalue weighted by molar-refractivity contribution is -0.139. The molecule has 0 aromatic carbocycles. The molecule has 0 aliphatic heterocycles. The van der Waals surface area contributed by atoms with Crippen molar-refractivity contribution in [2.75, 3.05) is 13.2 Å². The minimum atomic E-state index is -0.265. The maximum atomic E-state index is 11.1. The predicted molar refractivity (Wildman–Crippen MR) is 137 cm³/mol. The van der Waals surface area contributed by atoms with Gasteiger partial charge in [0, 0.05) is 11.1 Å². The zero-order chi connectivity index (χ0) is 24.5. The Labute approximate surface area is 199 Å². The molecular formula is C28H52O4. The van der Waals surface area contributed by atoms with Gasteiger partial charge in [0.1, 0.15) is 0 Å². The van der Waals surface area contributed by atoms with Crippen molar-refractivity contribution < 1.29 is 19.1 Å². The van der Waals surface area contributed by atoms with E-state index in [0.717, 1.165) is 19.3 Å². The Morgan fingerprint density at radius 3 is 1.00 bits per heavy atom. The molecule has 188 valence electrons. The van der Waals surface area contributed by atoms with E-state index in [1.54, 1.807) is 13.8 Å². The molecule has 0 saturated carbocycles. The van der Waals surface area contributed by atoms with Crippen LogP contribution in [0.15, 0.2) is 24.3 Å². The number of unbranched alkanes of at least 4 members (excludes halogenated alkanes) is 14. The average molecular weight is 453 g/mol. The topological polar surface area (TPSA) is 52.6 Å². The number of esters is 2. The van der Waals surface area contributed by atoms with Crippen molar-refractivity contribution in [1.29, 1.82) is 0 Å². The Bertz CT molecular complexity index is 482. The van der Waals surface area contributed by atoms with E-state index in [9.17, 15) is 9.59 Å². The summed E-state index contributed by atoms with van der Waals surface area (Å²) in [7, 11) is 0. The van der Waals surface area contributed by atoms with Gasteiger partial charge in [-0.1, -0.05) is 117 Å². The fourth-order valence-electron chi connectivity index (χ4n) is 3.05. The highest BCUT2D eigenvalue weighted by Gasteiger charge is 2.02. The van der Waals surface area contributed by atoms with Crippen LogP contribution in [0.5, 0.6) is 0 Å². The van der Waals surface area contributed by atoms with E-state index in [1.807, 2.05) is 0 Å². The number of ether oxygens (including phenoxy) is 2. The molecule has 0 aliphatic rings. The summed E-state index contributed by atoms with van der Waals surface area (Å²) in [6.45, 7) is 16.0. The molecule has 0 spiro atoms. The number of hydrogen-bond acceptors (Lipinski definition) is 4. The van der Waals surface area contributed by atoms with Crippen molar-refractivity contribution in [3.05, 3.63) is 24.3 Å². The summed E-state index contributed by atoms with van der Waals surface area (Å²) in [6.07, 6.45) is 20.2. The van der Waals surface area contributed by atoms with Gasteiger partial charge in [-0.25, -0.2) is 9.59 Å². The maximum absolute atomic E-state index is 11.1. The lowest BCUT2D eigenvalue weighted by Gasteiger charge is -2.04. The third kappa shape index (κ3) is 26.5. The Morgan fingerprint density at radius 2 is 0.750 bits per heavy atom. The molecule has 0 atom stereocenters. The Kier molecular flexibility index (Phi) is 26.2. The molecule has 0 aromatic heterocycles. The van der Waals surface area contributed by atoms with E-state index in [4.69, 9.17) is 9.47 Å². The van der Waals surface area contributed by atoms with Crippen molar-refractivity contribution in [1.82, 2.24) is 0 Å². The van der Waals surface area contributed by atoms with Crippen LogP contribution in [0.3, 0.4) is 0 Å². The zero-order valence-corrected chi connectivity index (χ0v) is 21.8. The summed E-state index contributed by atoms with van der Waals surface area (Å²) < 4.78 is 10.0. The standard InChI is InChI=1S/C16H30O2.C12H22O2/c1-4-5-6-7-8-9-10-11-12-13-14-18-16(17)15(2)3;1-4-5-6-7-8-9-10-14-12(13)11(2)3/h2,4-14H2,1,3H3;2,4-10H2,1,3H3. The van der Waals surface area contributed by atoms with Gasteiger partial charge < -0.3 is 9.47 Å². The van der Waals surface area contributed by atoms with Crippen LogP contribution >= 0.6 is 0 Å². The van der Waals surface area contributed by atoms with Gasteiger partial charge in [0.2, 0.25) is 0 Å². The van der Waals surface area contributed by atoms with Crippen molar-refractivity contribution in [2.45, 2.75) is 130 Å². The van der Waals surface area contributed by atoms with Crippen LogP contribution in [-0.2, 0) is 19.1 Å². The minimum absolute atomic E-state index is 0.258. The van der Waals surface area contributed by atoms with Crippen molar-refractivity contribution in [2.24, 2.45) is 0 Å². The average Bonchev–Trinajstić information content (AvgIpc) is 2.76. The van der Waals surface area contributed by atoms with Gasteiger partial charge in [0.05, 0.1) is 13.2 Å². The first kappa shape index (κ1) is 32.6. The molecule has 0 fully saturated rings. The van der Waals surface area contributed by atoms with E-state index in [1.165, 1.54) is 83.5 Å². The smallest absolute Gasteiger partial charge is 0.333 e. The Balaban J connectivity index is 0. The van der Waals surface area contributed by atoms with Gasteiger partial charge in [-0.2, -0.15) is 0 Å². The fourth-order valence-corrected chi connectivity index (χ4v) is 3.05. The maximum Gasteiger partial charge on any atom is 0.333 e. The van der Waals surface area contributed by atoms with Gasteiger partial charge in [0.25, 0.3) is 0 Å². The van der Waals surface area contributed by atoms with Gasteiger partial charge in [-0.3, -0.25) is 0 Å². The molecule has 0 amide bonds. The molecular weight excluding hydrogens is 400 g/mol. The molecule has 0 aliphatic carbocycles. The lowest BCUT2D eigenvalue weighted by Crippen LogP contribution is -2.05. The molecule has 0 radical (unpaired) electrons. The summed E-state index contributed by atoms with van der Waals surface area (Å²) in [6, 6.07) is 0. The van der Waals surface area contributed by atoms with Crippen LogP contribution in [0.25, 0.3) is 0 Å². The third-order valence-electron chi connectivity index (χ3n) is 5.16. The molecule has 0 saturated heterocycles. The second-order valence-electron chi connectivity index (χ2n) is 8.78. The normalized spacial score (nSPS) is 10.1. The highest BCUT2D eigenvalue weighted by atomic mass is 16.5. The summed E-state index contributed by atoms with van der Waals surface area (Å²) >= 11 is 0. The number of hydrogen-bond donors (Lipinski definition) is 0. The van der Waals surface area contributed by atoms with Crippen molar-refractivity contribution >= 4 is 11.9 Å². The largest absolute Gasteiger partial charge is 0.462 e. The summed E-state index contributed by atoms with van der Waals surface area (Å²) in [4.78, 5) is 22.0. The van der Waals surface area contributed by atoms with Crippen LogP contribution in [0.4, 0.5) is 0 Å². The molecule has 4 nitrogen and oxygen atoms in total. The fraction of sp³-hybridized carbons (Fsp3) is 0.786. The van der Waals surface area contributed by atoms with E-state index in [2.05, 4.69) is 27.0 Å². The van der Waals surface area contributed by atoms with Crippen molar-refractivity contribution in [3.8, 4) is 0 Å². The Hall–Kier alpha value is -1.58. The molecule has 0 bridgehead atoms. The summed E-state index contributed by atoms with van der Waals surface area (Å²) in [5, 5.41) is 0. The molecule has 0 heterocycles. The van der Waals surface area contributed by atoms with E-state index in [-0.39, 0.29) is 11.9 Å². The quantitative estimate of drug-likeness (QED) is 0.105. The monoisotopic (exact) mass is 452 g/mol. The number of carbonyl (C=O) groups excluding carboxylic acids is 2. The van der Waals surface area contributed by atoms with Crippen molar-refractivity contribution in [3.63, 3.8) is 0 Å². The van der Waals surface area contributed by atoms with E-state index < -0.39 is 0 Å². The van der Waals surface area contributed by atoms with Crippen LogP contribution in [0.2, 0.25) is 0 Å². The molecule has 4 heteroatoms. The molecule has 0 N–H and O–H groups in total. The molecule has 32 heavy (non-hydrogen) atoms. The van der Waals surface area contributed by atoms with Crippen LogP contribution < -0.4 is 0 Å². The first-order valence-electron chi connectivity index (χ1n) is 13.0. The molecule has 0 rings (SSSR count). The van der Waals surface area contributed by atoms with Gasteiger partial charge >= 0.3 is 11.9 Å². The molecule has 0 unspecified atom stereocenters. The molecule has 0 aromatic rings. The van der Waals surface area contributed by atoms with Crippen LogP contribution in [0, 0.1) is 0 Å². The number of rotatable bonds is 20. The highest BCUT2D eigenvalue weighted by molar-refractivity contribution is 5.87. The van der Waals surface area contributed by atoms with Gasteiger partial charge in [-0.15, -0.1) is 0 Å². The second-order valence-corrected chi connectivity index (χ2v) is 8.78. The SMILES string of the molecule is C=C(C)C(=O)OCCCCCCCC.C=C(C)C(=O)OCCCCCCCCCCCC. The third-order valence-corrected chi connectivity index (χ3v) is 5.16. The summed E-state index contributed by atoms with van der Waals surface area (Å²) in [5.74, 6) is -0.524. The zero-order valence-electron chi connectivity index (χ0n) is 21.8. The van der Waals surface area contributed by atoms with E-state index >= 15 is 0 Å². The number of carbonyl (C=O) groups is 2. The first-order valence-corrected chi connectivity index (χ1v) is 13.0. The van der Waals surface area contributed by atoms with Crippen LogP contribution in [-0.4, -0.2) is 25.2 Å². The highest BCUT2D eigenvalue weighted by Crippen LogP contribution is 2.10. The van der Waals surface area contributed by atoms with E-state index in [0.29, 0.717) is 24.4 Å². The van der Waals surface area contributed by atoms with Gasteiger partial charge in [0.15, 0.2) is 0 Å². The summed E-state index contributed by atoms with van der Waals surface area (Å²) in [5.41, 5.74) is 0.970. The minimum Gasteiger partial charge on any atom is -0.462 e. The predicted octanol–water partition coefficient (Wildman–Crippen LogP) is 8.49. The van der Waals surface area contributed by atoms with Gasteiger partial charge in [-0.05, 0) is 26.7 Å². The second kappa shape index (κ2) is 25.7. The first-order chi connectivity index (χ1) is 15.4.